The average molecular weight is 337 g/mol. The van der Waals surface area contributed by atoms with E-state index in [1.54, 1.807) is 23.1 Å². The lowest BCUT2D eigenvalue weighted by atomic mass is 10.2. The number of hydrogen-bond acceptors (Lipinski definition) is 5. The van der Waals surface area contributed by atoms with E-state index in [9.17, 15) is 5.11 Å². The van der Waals surface area contributed by atoms with Crippen LogP contribution in [0.4, 0.5) is 0 Å². The number of thiophene rings is 1. The molecule has 21 heavy (non-hydrogen) atoms. The Morgan fingerprint density at radius 1 is 1.38 bits per heavy atom. The number of hydrogen-bond donors (Lipinski definition) is 1. The summed E-state index contributed by atoms with van der Waals surface area (Å²) in [6.07, 6.45) is 0.678. The van der Waals surface area contributed by atoms with Gasteiger partial charge in [0.05, 0.1) is 17.1 Å². The first-order chi connectivity index (χ1) is 10.3. The Morgan fingerprint density at radius 3 is 3.10 bits per heavy atom. The molecule has 2 aliphatic rings. The van der Waals surface area contributed by atoms with Crippen molar-refractivity contribution in [2.45, 2.75) is 6.42 Å². The predicted octanol–water partition coefficient (Wildman–Crippen LogP) is 4.02. The smallest absolute Gasteiger partial charge is 0.168 e. The minimum absolute atomic E-state index is 0.165. The number of aliphatic hydroxyl groups excluding tert-OH is 1. The Labute approximate surface area is 135 Å². The minimum Gasteiger partial charge on any atom is -0.396 e. The molecule has 0 fully saturated rings. The third-order valence-corrected chi connectivity index (χ3v) is 6.24. The molecule has 0 amide bonds. The van der Waals surface area contributed by atoms with Crippen molar-refractivity contribution >= 4 is 55.7 Å². The lowest BCUT2D eigenvalue weighted by Gasteiger charge is -2.15. The van der Waals surface area contributed by atoms with E-state index in [0.29, 0.717) is 6.42 Å². The van der Waals surface area contributed by atoms with E-state index in [4.69, 9.17) is 11.6 Å². The zero-order valence-corrected chi connectivity index (χ0v) is 13.6. The van der Waals surface area contributed by atoms with Gasteiger partial charge in [0.15, 0.2) is 5.17 Å². The summed E-state index contributed by atoms with van der Waals surface area (Å²) in [5.41, 5.74) is 1.21. The van der Waals surface area contributed by atoms with Gasteiger partial charge < -0.3 is 10.0 Å². The van der Waals surface area contributed by atoms with Gasteiger partial charge in [-0.15, -0.1) is 11.3 Å². The van der Waals surface area contributed by atoms with E-state index in [0.717, 1.165) is 28.7 Å². The van der Waals surface area contributed by atoms with Crippen LogP contribution in [-0.2, 0) is 0 Å². The van der Waals surface area contributed by atoms with Gasteiger partial charge in [-0.3, -0.25) is 4.99 Å². The monoisotopic (exact) mass is 336 g/mol. The zero-order chi connectivity index (χ0) is 14.4. The predicted molar refractivity (Wildman–Crippen MR) is 92.1 cm³/mol. The Bertz CT molecular complexity index is 781. The third kappa shape index (κ3) is 2.19. The molecule has 108 valence electrons. The van der Waals surface area contributed by atoms with Crippen LogP contribution in [0.25, 0.3) is 15.8 Å². The van der Waals surface area contributed by atoms with Crippen LogP contribution in [0, 0.1) is 0 Å². The number of fused-ring (bicyclic) bond motifs is 2. The first-order valence-electron chi connectivity index (χ1n) is 6.80. The second-order valence-electron chi connectivity index (χ2n) is 4.93. The Kier molecular flexibility index (Phi) is 3.46. The van der Waals surface area contributed by atoms with Crippen LogP contribution >= 0.6 is 34.7 Å². The molecule has 0 atom stereocenters. The van der Waals surface area contributed by atoms with E-state index >= 15 is 0 Å². The summed E-state index contributed by atoms with van der Waals surface area (Å²) in [7, 11) is 0. The molecule has 6 heteroatoms. The van der Waals surface area contributed by atoms with Crippen molar-refractivity contribution in [2.24, 2.45) is 4.99 Å². The van der Waals surface area contributed by atoms with Crippen molar-refractivity contribution in [2.75, 3.05) is 19.7 Å². The van der Waals surface area contributed by atoms with Crippen LogP contribution in [0.3, 0.4) is 0 Å². The van der Waals surface area contributed by atoms with Crippen molar-refractivity contribution in [3.8, 4) is 0 Å². The van der Waals surface area contributed by atoms with Gasteiger partial charge in [0.2, 0.25) is 0 Å². The number of halogens is 1. The molecule has 1 aromatic carbocycles. The van der Waals surface area contributed by atoms with E-state index in [-0.39, 0.29) is 6.61 Å². The molecule has 1 aromatic heterocycles. The fourth-order valence-electron chi connectivity index (χ4n) is 2.71. The van der Waals surface area contributed by atoms with Crippen LogP contribution in [-0.4, -0.2) is 34.9 Å². The van der Waals surface area contributed by atoms with E-state index in [1.165, 1.54) is 20.2 Å². The largest absolute Gasteiger partial charge is 0.396 e. The van der Waals surface area contributed by atoms with Gasteiger partial charge in [0, 0.05) is 39.6 Å². The molecule has 3 heterocycles. The summed E-state index contributed by atoms with van der Waals surface area (Å²) in [4.78, 5) is 9.23. The number of nitrogens with zero attached hydrogens (tertiary/aromatic N) is 2. The number of aliphatic hydroxyl groups is 1. The molecule has 0 aliphatic carbocycles. The Morgan fingerprint density at radius 2 is 2.29 bits per heavy atom. The van der Waals surface area contributed by atoms with E-state index in [2.05, 4.69) is 22.0 Å². The number of rotatable bonds is 3. The molecule has 0 radical (unpaired) electrons. The standard InChI is InChI=1S/C15H13ClN2OS2/c16-10-2-1-3-11-9(10)8-13(20-11)14-12(4-7-19)21-15-17-5-6-18(14)15/h1-3,8,19H,4-7H2. The van der Waals surface area contributed by atoms with Crippen LogP contribution < -0.4 is 0 Å². The summed E-state index contributed by atoms with van der Waals surface area (Å²) >= 11 is 9.74. The van der Waals surface area contributed by atoms with Crippen LogP contribution in [0.5, 0.6) is 0 Å². The van der Waals surface area contributed by atoms with Crippen molar-refractivity contribution in [1.82, 2.24) is 4.90 Å². The number of benzene rings is 1. The van der Waals surface area contributed by atoms with Crippen LogP contribution in [0.2, 0.25) is 5.02 Å². The van der Waals surface area contributed by atoms with Crippen molar-refractivity contribution < 1.29 is 5.11 Å². The SMILES string of the molecule is OCCC1=C(c2cc3c(Cl)cccc3s2)N2CCN=C2S1. The molecular formula is C15H13ClN2OS2. The normalized spacial score (nSPS) is 17.8. The molecule has 0 spiro atoms. The highest BCUT2D eigenvalue weighted by Gasteiger charge is 2.33. The highest BCUT2D eigenvalue weighted by Crippen LogP contribution is 2.46. The van der Waals surface area contributed by atoms with Crippen molar-refractivity contribution in [3.63, 3.8) is 0 Å². The van der Waals surface area contributed by atoms with Gasteiger partial charge in [0.25, 0.3) is 0 Å². The molecule has 3 nitrogen and oxygen atoms in total. The molecule has 0 saturated carbocycles. The van der Waals surface area contributed by atoms with Gasteiger partial charge in [-0.1, -0.05) is 29.4 Å². The number of thioether (sulfide) groups is 1. The molecule has 2 aliphatic heterocycles. The van der Waals surface area contributed by atoms with Crippen molar-refractivity contribution in [1.29, 1.82) is 0 Å². The fraction of sp³-hybridized carbons (Fsp3) is 0.267. The quantitative estimate of drug-likeness (QED) is 0.919. The van der Waals surface area contributed by atoms with Gasteiger partial charge >= 0.3 is 0 Å². The molecular weight excluding hydrogens is 324 g/mol. The first-order valence-corrected chi connectivity index (χ1v) is 8.81. The maximum Gasteiger partial charge on any atom is 0.168 e. The second kappa shape index (κ2) is 5.32. The topological polar surface area (TPSA) is 35.8 Å². The second-order valence-corrected chi connectivity index (χ2v) is 7.48. The minimum atomic E-state index is 0.165. The zero-order valence-electron chi connectivity index (χ0n) is 11.2. The highest BCUT2D eigenvalue weighted by molar-refractivity contribution is 8.17. The lowest BCUT2D eigenvalue weighted by molar-refractivity contribution is 0.301. The summed E-state index contributed by atoms with van der Waals surface area (Å²) in [5, 5.41) is 12.3. The maximum atomic E-state index is 9.31. The van der Waals surface area contributed by atoms with Gasteiger partial charge in [-0.2, -0.15) is 0 Å². The summed E-state index contributed by atoms with van der Waals surface area (Å²) in [6, 6.07) is 8.18. The average Bonchev–Trinajstić information content (AvgIpc) is 3.12. The lowest BCUT2D eigenvalue weighted by Crippen LogP contribution is -2.19. The number of amidine groups is 1. The van der Waals surface area contributed by atoms with E-state index in [1.807, 2.05) is 12.1 Å². The summed E-state index contributed by atoms with van der Waals surface area (Å²) in [5.74, 6) is 0. The maximum absolute atomic E-state index is 9.31. The first kappa shape index (κ1) is 13.6. The van der Waals surface area contributed by atoms with Gasteiger partial charge in [0.1, 0.15) is 0 Å². The molecule has 4 rings (SSSR count). The third-order valence-electron chi connectivity index (χ3n) is 3.63. The summed E-state index contributed by atoms with van der Waals surface area (Å²) < 4.78 is 1.20. The molecule has 0 saturated heterocycles. The highest BCUT2D eigenvalue weighted by atomic mass is 35.5. The number of aliphatic imine (C=N–C) groups is 1. The Balaban J connectivity index is 1.86. The molecule has 1 N–H and O–H groups in total. The van der Waals surface area contributed by atoms with Gasteiger partial charge in [-0.05, 0) is 18.2 Å². The molecule has 0 bridgehead atoms. The molecule has 2 aromatic rings. The summed E-state index contributed by atoms with van der Waals surface area (Å²) in [6.45, 7) is 1.94. The van der Waals surface area contributed by atoms with Crippen molar-refractivity contribution in [3.05, 3.63) is 39.1 Å². The van der Waals surface area contributed by atoms with Crippen LogP contribution in [0.15, 0.2) is 34.2 Å². The van der Waals surface area contributed by atoms with Crippen LogP contribution in [0.1, 0.15) is 11.3 Å². The van der Waals surface area contributed by atoms with Gasteiger partial charge in [-0.25, -0.2) is 0 Å². The fourth-order valence-corrected chi connectivity index (χ4v) is 5.41. The molecule has 0 unspecified atom stereocenters. The Hall–Kier alpha value is -1.01. The van der Waals surface area contributed by atoms with E-state index < -0.39 is 0 Å².